The molecule has 1 aliphatic rings. The Hall–Kier alpha value is -2.09. The summed E-state index contributed by atoms with van der Waals surface area (Å²) in [5, 5.41) is 2.86. The van der Waals surface area contributed by atoms with Crippen molar-refractivity contribution in [2.24, 2.45) is 0 Å². The number of imide groups is 1. The zero-order valence-electron chi connectivity index (χ0n) is 16.2. The van der Waals surface area contributed by atoms with E-state index < -0.39 is 5.54 Å². The Morgan fingerprint density at radius 2 is 1.93 bits per heavy atom. The number of carbonyl (C=O) groups excluding carboxylic acids is 2. The van der Waals surface area contributed by atoms with E-state index in [0.717, 1.165) is 20.5 Å². The number of carbonyl (C=O) groups is 2. The Bertz CT molecular complexity index is 855. The van der Waals surface area contributed by atoms with Crippen molar-refractivity contribution in [3.05, 3.63) is 51.2 Å². The maximum atomic E-state index is 12.9. The number of nitrogens with zero attached hydrogens (tertiary/aromatic N) is 2. The Labute approximate surface area is 174 Å². The first-order valence-electron chi connectivity index (χ1n) is 9.00. The highest BCUT2D eigenvalue weighted by molar-refractivity contribution is 7.16. The molecular formula is C20H24ClN3O3S. The van der Waals surface area contributed by atoms with E-state index in [2.05, 4.69) is 5.32 Å². The van der Waals surface area contributed by atoms with Gasteiger partial charge < -0.3 is 10.1 Å². The molecule has 0 unspecified atom stereocenters. The van der Waals surface area contributed by atoms with E-state index in [9.17, 15) is 9.59 Å². The second-order valence-corrected chi connectivity index (χ2v) is 9.00. The molecule has 28 heavy (non-hydrogen) atoms. The normalized spacial score (nSPS) is 19.4. The monoisotopic (exact) mass is 421 g/mol. The SMILES string of the molecule is COc1ccc(CC[C@@]2(C)NC(=O)N(CN(C)Cc3ccc(Cl)s3)C2=O)cc1. The summed E-state index contributed by atoms with van der Waals surface area (Å²) in [6.07, 6.45) is 1.22. The number of aryl methyl sites for hydroxylation is 1. The van der Waals surface area contributed by atoms with Crippen molar-refractivity contribution in [2.75, 3.05) is 20.8 Å². The molecule has 3 amide bonds. The van der Waals surface area contributed by atoms with Gasteiger partial charge in [-0.25, -0.2) is 9.69 Å². The standard InChI is InChI=1S/C20H24ClN3O3S/c1-20(11-10-14-4-6-15(27-3)7-5-14)18(25)24(19(26)22-20)13-23(2)12-16-8-9-17(21)28-16/h4-9H,10-13H2,1-3H3,(H,22,26)/t20-/m1/s1. The number of hydrogen-bond donors (Lipinski definition) is 1. The van der Waals surface area contributed by atoms with Gasteiger partial charge in [-0.2, -0.15) is 0 Å². The summed E-state index contributed by atoms with van der Waals surface area (Å²) < 4.78 is 5.89. The summed E-state index contributed by atoms with van der Waals surface area (Å²) in [4.78, 5) is 29.6. The maximum absolute atomic E-state index is 12.9. The quantitative estimate of drug-likeness (QED) is 0.659. The van der Waals surface area contributed by atoms with Crippen LogP contribution in [0.15, 0.2) is 36.4 Å². The number of halogens is 1. The van der Waals surface area contributed by atoms with Gasteiger partial charge in [-0.15, -0.1) is 11.3 Å². The highest BCUT2D eigenvalue weighted by Gasteiger charge is 2.47. The van der Waals surface area contributed by atoms with Crippen LogP contribution in [0, 0.1) is 0 Å². The van der Waals surface area contributed by atoms with Crippen molar-refractivity contribution in [3.8, 4) is 5.75 Å². The van der Waals surface area contributed by atoms with Gasteiger partial charge in [0.2, 0.25) is 0 Å². The van der Waals surface area contributed by atoms with E-state index in [1.807, 2.05) is 48.3 Å². The summed E-state index contributed by atoms with van der Waals surface area (Å²) >= 11 is 7.46. The largest absolute Gasteiger partial charge is 0.497 e. The van der Waals surface area contributed by atoms with Crippen molar-refractivity contribution >= 4 is 34.9 Å². The van der Waals surface area contributed by atoms with Crippen molar-refractivity contribution in [2.45, 2.75) is 31.8 Å². The van der Waals surface area contributed by atoms with Gasteiger partial charge >= 0.3 is 6.03 Å². The van der Waals surface area contributed by atoms with E-state index in [1.165, 1.54) is 16.2 Å². The van der Waals surface area contributed by atoms with Crippen molar-refractivity contribution in [3.63, 3.8) is 0 Å². The second kappa shape index (κ2) is 8.51. The molecule has 0 spiro atoms. The van der Waals surface area contributed by atoms with Crippen LogP contribution in [0.5, 0.6) is 5.75 Å². The topological polar surface area (TPSA) is 61.9 Å². The fourth-order valence-corrected chi connectivity index (χ4v) is 4.39. The van der Waals surface area contributed by atoms with Crippen LogP contribution in [-0.4, -0.2) is 48.1 Å². The molecule has 1 fully saturated rings. The fourth-order valence-electron chi connectivity index (χ4n) is 3.23. The van der Waals surface area contributed by atoms with Crippen LogP contribution in [-0.2, 0) is 17.8 Å². The summed E-state index contributed by atoms with van der Waals surface area (Å²) in [5.41, 5.74) is 0.193. The van der Waals surface area contributed by atoms with Crippen LogP contribution in [0.25, 0.3) is 0 Å². The summed E-state index contributed by atoms with van der Waals surface area (Å²) in [7, 11) is 3.50. The van der Waals surface area contributed by atoms with Gasteiger partial charge in [-0.3, -0.25) is 9.69 Å². The third kappa shape index (κ3) is 4.66. The molecule has 0 aliphatic carbocycles. The number of ether oxygens (including phenoxy) is 1. The Balaban J connectivity index is 1.59. The molecule has 0 saturated carbocycles. The molecule has 2 heterocycles. The smallest absolute Gasteiger partial charge is 0.326 e. The molecule has 1 aliphatic heterocycles. The van der Waals surface area contributed by atoms with Crippen molar-refractivity contribution in [1.82, 2.24) is 15.1 Å². The molecule has 1 saturated heterocycles. The van der Waals surface area contributed by atoms with Gasteiger partial charge in [-0.05, 0) is 56.6 Å². The lowest BCUT2D eigenvalue weighted by Gasteiger charge is -2.24. The molecule has 2 aromatic rings. The van der Waals surface area contributed by atoms with E-state index >= 15 is 0 Å². The lowest BCUT2D eigenvalue weighted by atomic mass is 9.93. The lowest BCUT2D eigenvalue weighted by Crippen LogP contribution is -2.45. The molecular weight excluding hydrogens is 398 g/mol. The average Bonchev–Trinajstić information content (AvgIpc) is 3.16. The molecule has 0 radical (unpaired) electrons. The molecule has 1 N–H and O–H groups in total. The summed E-state index contributed by atoms with van der Waals surface area (Å²) in [6.45, 7) is 2.64. The zero-order chi connectivity index (χ0) is 20.3. The van der Waals surface area contributed by atoms with Crippen molar-refractivity contribution in [1.29, 1.82) is 0 Å². The Morgan fingerprint density at radius 1 is 1.21 bits per heavy atom. The van der Waals surface area contributed by atoms with Crippen LogP contribution in [0.3, 0.4) is 0 Å². The minimum atomic E-state index is -0.899. The first-order chi connectivity index (χ1) is 13.3. The predicted octanol–water partition coefficient (Wildman–Crippen LogP) is 3.74. The number of nitrogens with one attached hydrogen (secondary N) is 1. The number of hydrogen-bond acceptors (Lipinski definition) is 5. The first kappa shape index (κ1) is 20.6. The molecule has 1 atom stereocenters. The second-order valence-electron chi connectivity index (χ2n) is 7.20. The highest BCUT2D eigenvalue weighted by Crippen LogP contribution is 2.25. The number of thiophene rings is 1. The van der Waals surface area contributed by atoms with Gasteiger partial charge in [0.05, 0.1) is 18.1 Å². The Morgan fingerprint density at radius 3 is 2.54 bits per heavy atom. The minimum absolute atomic E-state index is 0.193. The van der Waals surface area contributed by atoms with E-state index in [-0.39, 0.29) is 18.6 Å². The van der Waals surface area contributed by atoms with E-state index in [1.54, 1.807) is 14.0 Å². The number of benzene rings is 1. The molecule has 1 aromatic heterocycles. The summed E-state index contributed by atoms with van der Waals surface area (Å²) in [5.74, 6) is 0.600. The molecule has 3 rings (SSSR count). The molecule has 8 heteroatoms. The number of amides is 3. The van der Waals surface area contributed by atoms with Gasteiger partial charge in [0.25, 0.3) is 5.91 Å². The highest BCUT2D eigenvalue weighted by atomic mass is 35.5. The van der Waals surface area contributed by atoms with E-state index in [4.69, 9.17) is 16.3 Å². The van der Waals surface area contributed by atoms with E-state index in [0.29, 0.717) is 19.4 Å². The molecule has 6 nitrogen and oxygen atoms in total. The van der Waals surface area contributed by atoms with Crippen LogP contribution >= 0.6 is 22.9 Å². The maximum Gasteiger partial charge on any atom is 0.326 e. The van der Waals surface area contributed by atoms with Gasteiger partial charge in [0.15, 0.2) is 0 Å². The average molecular weight is 422 g/mol. The van der Waals surface area contributed by atoms with Crippen LogP contribution < -0.4 is 10.1 Å². The van der Waals surface area contributed by atoms with Crippen LogP contribution in [0.4, 0.5) is 4.79 Å². The molecule has 150 valence electrons. The number of rotatable bonds is 8. The van der Waals surface area contributed by atoms with Gasteiger partial charge in [0.1, 0.15) is 11.3 Å². The number of methoxy groups -OCH3 is 1. The minimum Gasteiger partial charge on any atom is -0.497 e. The lowest BCUT2D eigenvalue weighted by molar-refractivity contribution is -0.132. The Kier molecular flexibility index (Phi) is 6.27. The first-order valence-corrected chi connectivity index (χ1v) is 10.2. The van der Waals surface area contributed by atoms with Crippen LogP contribution in [0.2, 0.25) is 4.34 Å². The summed E-state index contributed by atoms with van der Waals surface area (Å²) in [6, 6.07) is 11.2. The predicted molar refractivity (Wildman–Crippen MR) is 111 cm³/mol. The third-order valence-corrected chi connectivity index (χ3v) is 6.07. The van der Waals surface area contributed by atoms with Gasteiger partial charge in [-0.1, -0.05) is 23.7 Å². The fraction of sp³-hybridized carbons (Fsp3) is 0.400. The third-order valence-electron chi connectivity index (χ3n) is 4.86. The van der Waals surface area contributed by atoms with Gasteiger partial charge in [0, 0.05) is 11.4 Å². The number of urea groups is 1. The molecule has 1 aromatic carbocycles. The zero-order valence-corrected chi connectivity index (χ0v) is 17.8. The van der Waals surface area contributed by atoms with Crippen LogP contribution in [0.1, 0.15) is 23.8 Å². The molecule has 0 bridgehead atoms. The van der Waals surface area contributed by atoms with Crippen molar-refractivity contribution < 1.29 is 14.3 Å².